The van der Waals surface area contributed by atoms with Crippen LogP contribution in [0.4, 0.5) is 0 Å². The maximum Gasteiger partial charge on any atom is 0.472 e. The first-order valence-electron chi connectivity index (χ1n) is 42.8. The summed E-state index contributed by atoms with van der Waals surface area (Å²) >= 11 is 0. The number of aliphatic hydroxyl groups is 1. The Morgan fingerprint density at radius 2 is 0.471 bits per heavy atom. The molecule has 0 radical (unpaired) electrons. The zero-order valence-corrected chi connectivity index (χ0v) is 69.0. The topological polar surface area (TPSA) is 237 Å². The molecule has 0 aromatic rings. The molecule has 7 atom stereocenters. The van der Waals surface area contributed by atoms with Gasteiger partial charge in [0.2, 0.25) is 0 Å². The Morgan fingerprint density at radius 3 is 0.696 bits per heavy atom. The highest BCUT2D eigenvalue weighted by Crippen LogP contribution is 2.45. The third-order valence-corrected chi connectivity index (χ3v) is 21.9. The number of carbonyl (C=O) groups is 4. The Balaban J connectivity index is 5.19. The second-order valence-corrected chi connectivity index (χ2v) is 34.2. The molecule has 0 aromatic carbocycles. The fraction of sp³-hybridized carbons (Fsp3) is 0.952. The number of aliphatic hydroxyl groups excluding tert-OH is 1. The average Bonchev–Trinajstić information content (AvgIpc) is 0.905. The van der Waals surface area contributed by atoms with Gasteiger partial charge in [-0.15, -0.1) is 0 Å². The lowest BCUT2D eigenvalue weighted by Crippen LogP contribution is -2.30. The third-order valence-electron chi connectivity index (χ3n) is 20.0. The summed E-state index contributed by atoms with van der Waals surface area (Å²) in [6.45, 7) is 14.3. The fourth-order valence-electron chi connectivity index (χ4n) is 12.7. The highest BCUT2D eigenvalue weighted by atomic mass is 31.2. The van der Waals surface area contributed by atoms with Crippen molar-refractivity contribution in [3.8, 4) is 0 Å². The van der Waals surface area contributed by atoms with Crippen LogP contribution in [0.15, 0.2) is 0 Å². The first-order chi connectivity index (χ1) is 49.2. The number of hydrogen-bond donors (Lipinski definition) is 3. The highest BCUT2D eigenvalue weighted by molar-refractivity contribution is 7.47. The first-order valence-corrected chi connectivity index (χ1v) is 45.8. The van der Waals surface area contributed by atoms with E-state index in [0.29, 0.717) is 31.6 Å². The van der Waals surface area contributed by atoms with Crippen molar-refractivity contribution in [2.45, 2.75) is 446 Å². The van der Waals surface area contributed by atoms with Crippen molar-refractivity contribution in [1.29, 1.82) is 0 Å². The van der Waals surface area contributed by atoms with E-state index in [0.717, 1.165) is 114 Å². The van der Waals surface area contributed by atoms with Gasteiger partial charge in [0.15, 0.2) is 12.2 Å². The summed E-state index contributed by atoms with van der Waals surface area (Å²) < 4.78 is 68.7. The van der Waals surface area contributed by atoms with Crippen LogP contribution in [0, 0.1) is 23.7 Å². The van der Waals surface area contributed by atoms with Crippen molar-refractivity contribution in [2.75, 3.05) is 39.6 Å². The molecule has 0 heterocycles. The molecule has 606 valence electrons. The predicted molar refractivity (Wildman–Crippen MR) is 418 cm³/mol. The average molecular weight is 1490 g/mol. The van der Waals surface area contributed by atoms with E-state index in [9.17, 15) is 43.2 Å². The van der Waals surface area contributed by atoms with Gasteiger partial charge in [-0.3, -0.25) is 37.3 Å². The van der Waals surface area contributed by atoms with Crippen LogP contribution in [-0.4, -0.2) is 96.7 Å². The summed E-state index contributed by atoms with van der Waals surface area (Å²) in [6.07, 6.45) is 59.8. The largest absolute Gasteiger partial charge is 0.472 e. The second kappa shape index (κ2) is 72.0. The molecule has 0 spiro atoms. The quantitative estimate of drug-likeness (QED) is 0.0222. The molecule has 0 aliphatic heterocycles. The lowest BCUT2D eigenvalue weighted by atomic mass is 9.99. The number of ether oxygens (including phenoxy) is 4. The summed E-state index contributed by atoms with van der Waals surface area (Å²) in [4.78, 5) is 73.0. The number of phosphoric acid groups is 2. The smallest absolute Gasteiger partial charge is 0.462 e. The molecule has 0 aliphatic carbocycles. The van der Waals surface area contributed by atoms with Crippen molar-refractivity contribution < 1.29 is 80.2 Å². The number of hydrogen-bond acceptors (Lipinski definition) is 15. The van der Waals surface area contributed by atoms with Crippen molar-refractivity contribution in [1.82, 2.24) is 0 Å². The Kier molecular flexibility index (Phi) is 70.6. The van der Waals surface area contributed by atoms with E-state index < -0.39 is 97.5 Å². The van der Waals surface area contributed by atoms with Gasteiger partial charge in [-0.25, -0.2) is 9.13 Å². The van der Waals surface area contributed by atoms with Gasteiger partial charge in [0.1, 0.15) is 19.3 Å². The molecule has 102 heavy (non-hydrogen) atoms. The molecule has 0 aliphatic rings. The van der Waals surface area contributed by atoms with E-state index in [2.05, 4.69) is 55.4 Å². The molecule has 5 unspecified atom stereocenters. The summed E-state index contributed by atoms with van der Waals surface area (Å²) in [7, 11) is -9.92. The fourth-order valence-corrected chi connectivity index (χ4v) is 14.3. The zero-order chi connectivity index (χ0) is 75.3. The molecule has 19 heteroatoms. The minimum absolute atomic E-state index is 0.107. The number of rotatable bonds is 80. The first kappa shape index (κ1) is 100. The van der Waals surface area contributed by atoms with Gasteiger partial charge in [0.05, 0.1) is 26.4 Å². The van der Waals surface area contributed by atoms with E-state index in [1.165, 1.54) is 225 Å². The summed E-state index contributed by atoms with van der Waals surface area (Å²) in [5.74, 6) is 1.04. The Labute approximate surface area is 626 Å². The van der Waals surface area contributed by atoms with E-state index in [1.807, 2.05) is 0 Å². The molecule has 0 bridgehead atoms. The number of phosphoric ester groups is 2. The molecule has 17 nitrogen and oxygen atoms in total. The predicted octanol–water partition coefficient (Wildman–Crippen LogP) is 24.8. The molecule has 0 fully saturated rings. The van der Waals surface area contributed by atoms with Gasteiger partial charge in [-0.05, 0) is 49.4 Å². The van der Waals surface area contributed by atoms with Gasteiger partial charge >= 0.3 is 39.5 Å². The summed E-state index contributed by atoms with van der Waals surface area (Å²) in [5, 5.41) is 10.6. The van der Waals surface area contributed by atoms with E-state index in [1.54, 1.807) is 0 Å². The van der Waals surface area contributed by atoms with E-state index >= 15 is 0 Å². The second-order valence-electron chi connectivity index (χ2n) is 31.3. The van der Waals surface area contributed by atoms with Crippen LogP contribution in [0.3, 0.4) is 0 Å². The molecule has 0 rings (SSSR count). The molecular formula is C83H162O17P2. The number of esters is 4. The van der Waals surface area contributed by atoms with Crippen molar-refractivity contribution in [3.05, 3.63) is 0 Å². The normalized spacial score (nSPS) is 14.5. The standard InChI is InChI=1S/C83H162O17P2/c1-9-75(7)61-53-45-37-29-25-21-17-13-11-12-14-18-22-26-30-40-49-57-65-82(87)99-78(69-93-80(85)63-55-47-39-33-32-38-46-54-62-76(8)10-2)71-97-101(89,90)95-67-77(84)68-96-102(91,92)98-72-79(70-94-81(86)64-56-48-42-34-36-44-52-60-74(5)6)100-83(88)66-58-50-41-31-27-23-19-15-16-20-24-28-35-43-51-59-73(3)4/h73-79,84H,9-72H2,1-8H3,(H,89,90)(H,91,92)/t75?,76?,77?,78-,79-/m1/s1. The maximum absolute atomic E-state index is 13.1. The van der Waals surface area contributed by atoms with Crippen LogP contribution in [0.5, 0.6) is 0 Å². The van der Waals surface area contributed by atoms with Crippen molar-refractivity contribution in [3.63, 3.8) is 0 Å². The lowest BCUT2D eigenvalue weighted by molar-refractivity contribution is -0.161. The van der Waals surface area contributed by atoms with Crippen LogP contribution in [0.2, 0.25) is 0 Å². The Bertz CT molecular complexity index is 1990. The van der Waals surface area contributed by atoms with Crippen LogP contribution < -0.4 is 0 Å². The number of unbranched alkanes of at least 4 members (excludes halogenated alkanes) is 44. The highest BCUT2D eigenvalue weighted by Gasteiger charge is 2.30. The molecule has 0 aromatic heterocycles. The molecule has 3 N–H and O–H groups in total. The minimum Gasteiger partial charge on any atom is -0.462 e. The Hall–Kier alpha value is -1.94. The Morgan fingerprint density at radius 1 is 0.275 bits per heavy atom. The number of carbonyl (C=O) groups excluding carboxylic acids is 4. The van der Waals surface area contributed by atoms with Gasteiger partial charge in [0, 0.05) is 25.7 Å². The monoisotopic (exact) mass is 1490 g/mol. The van der Waals surface area contributed by atoms with Gasteiger partial charge < -0.3 is 33.8 Å². The van der Waals surface area contributed by atoms with Gasteiger partial charge in [-0.2, -0.15) is 0 Å². The molecule has 0 saturated heterocycles. The lowest BCUT2D eigenvalue weighted by Gasteiger charge is -2.21. The molecular weight excluding hydrogens is 1330 g/mol. The summed E-state index contributed by atoms with van der Waals surface area (Å²) in [5.41, 5.74) is 0. The van der Waals surface area contributed by atoms with Crippen molar-refractivity contribution >= 4 is 39.5 Å². The van der Waals surface area contributed by atoms with Crippen LogP contribution in [0.1, 0.15) is 428 Å². The van der Waals surface area contributed by atoms with Crippen LogP contribution in [0.25, 0.3) is 0 Å². The van der Waals surface area contributed by atoms with Crippen molar-refractivity contribution in [2.24, 2.45) is 23.7 Å². The zero-order valence-electron chi connectivity index (χ0n) is 67.2. The minimum atomic E-state index is -4.96. The summed E-state index contributed by atoms with van der Waals surface area (Å²) in [6, 6.07) is 0. The molecule has 0 amide bonds. The van der Waals surface area contributed by atoms with Gasteiger partial charge in [0.25, 0.3) is 0 Å². The maximum atomic E-state index is 13.1. The van der Waals surface area contributed by atoms with E-state index in [4.69, 9.17) is 37.0 Å². The van der Waals surface area contributed by atoms with Gasteiger partial charge in [-0.1, -0.05) is 376 Å². The van der Waals surface area contributed by atoms with Crippen LogP contribution in [-0.2, 0) is 65.4 Å². The SMILES string of the molecule is CCC(C)CCCCCCCCCCCCCCCCCCCCC(=O)O[C@H](COC(=O)CCCCCCCCCCC(C)CC)COP(=O)(O)OCC(O)COP(=O)(O)OC[C@@H](COC(=O)CCCCCCCCCC(C)C)OC(=O)CCCCCCCCCCCCCCCCCC(C)C. The van der Waals surface area contributed by atoms with E-state index in [-0.39, 0.29) is 25.7 Å². The third kappa shape index (κ3) is 73.6. The molecule has 0 saturated carbocycles. The van der Waals surface area contributed by atoms with Crippen LogP contribution >= 0.6 is 15.6 Å².